The van der Waals surface area contributed by atoms with Crippen molar-refractivity contribution in [1.82, 2.24) is 9.97 Å². The summed E-state index contributed by atoms with van der Waals surface area (Å²) in [6.07, 6.45) is 6.62. The van der Waals surface area contributed by atoms with Gasteiger partial charge in [0.1, 0.15) is 0 Å². The number of aromatic nitrogens is 2. The number of benzene rings is 1. The van der Waals surface area contributed by atoms with Gasteiger partial charge in [-0.2, -0.15) is 0 Å². The second-order valence-corrected chi connectivity index (χ2v) is 6.07. The fraction of sp³-hybridized carbons (Fsp3) is 0.368. The van der Waals surface area contributed by atoms with Crippen molar-refractivity contribution in [3.63, 3.8) is 0 Å². The lowest BCUT2D eigenvalue weighted by Gasteiger charge is -2.26. The number of hydrogen-bond donors (Lipinski definition) is 1. The molecule has 0 spiro atoms. The van der Waals surface area contributed by atoms with E-state index in [2.05, 4.69) is 20.2 Å². The van der Waals surface area contributed by atoms with Gasteiger partial charge in [-0.15, -0.1) is 0 Å². The van der Waals surface area contributed by atoms with E-state index in [-0.39, 0.29) is 11.9 Å². The number of amides is 1. The van der Waals surface area contributed by atoms with Crippen LogP contribution in [0.1, 0.15) is 46.9 Å². The van der Waals surface area contributed by atoms with Crippen molar-refractivity contribution >= 4 is 23.5 Å². The zero-order valence-corrected chi connectivity index (χ0v) is 14.8. The van der Waals surface area contributed by atoms with Gasteiger partial charge >= 0.3 is 5.97 Å². The fourth-order valence-electron chi connectivity index (χ4n) is 2.80. The molecule has 3 rings (SSSR count). The van der Waals surface area contributed by atoms with Gasteiger partial charge in [0.2, 0.25) is 5.95 Å². The zero-order valence-electron chi connectivity index (χ0n) is 14.8. The highest BCUT2D eigenvalue weighted by molar-refractivity contribution is 6.04. The van der Waals surface area contributed by atoms with Gasteiger partial charge in [-0.1, -0.05) is 0 Å². The lowest BCUT2D eigenvalue weighted by atomic mass is 10.1. The highest BCUT2D eigenvalue weighted by atomic mass is 16.5. The van der Waals surface area contributed by atoms with Crippen LogP contribution in [-0.2, 0) is 4.74 Å². The number of carbonyl (C=O) groups excluding carboxylic acids is 2. The molecule has 2 aromatic rings. The van der Waals surface area contributed by atoms with Gasteiger partial charge in [0.15, 0.2) is 0 Å². The van der Waals surface area contributed by atoms with E-state index >= 15 is 0 Å². The predicted octanol–water partition coefficient (Wildman–Crippen LogP) is 2.90. The normalized spacial score (nSPS) is 14.0. The average molecular weight is 354 g/mol. The number of ether oxygens (including phenoxy) is 1. The Bertz CT molecular complexity index is 753. The molecule has 0 radical (unpaired) electrons. The standard InChI is InChI=1S/C19H22N4O3/c1-2-26-18(25)14-6-8-16(9-7-14)22-17(24)15-12-20-19(21-13-15)23-10-4-3-5-11-23/h6-9,12-13H,2-5,10-11H2,1H3,(H,22,24). The maximum atomic E-state index is 12.3. The second kappa shape index (κ2) is 8.42. The highest BCUT2D eigenvalue weighted by Crippen LogP contribution is 2.16. The number of piperidine rings is 1. The molecule has 1 aliphatic rings. The maximum absolute atomic E-state index is 12.3. The van der Waals surface area contributed by atoms with Crippen molar-refractivity contribution in [1.29, 1.82) is 0 Å². The molecule has 136 valence electrons. The average Bonchev–Trinajstić information content (AvgIpc) is 2.69. The Hall–Kier alpha value is -2.96. The third kappa shape index (κ3) is 4.36. The van der Waals surface area contributed by atoms with Crippen LogP contribution in [0.4, 0.5) is 11.6 Å². The quantitative estimate of drug-likeness (QED) is 0.831. The summed E-state index contributed by atoms with van der Waals surface area (Å²) in [6, 6.07) is 6.55. The van der Waals surface area contributed by atoms with E-state index in [1.54, 1.807) is 43.6 Å². The van der Waals surface area contributed by atoms with Crippen LogP contribution in [0, 0.1) is 0 Å². The Morgan fingerprint density at radius 3 is 2.31 bits per heavy atom. The van der Waals surface area contributed by atoms with Crippen LogP contribution in [0.25, 0.3) is 0 Å². The van der Waals surface area contributed by atoms with Crippen molar-refractivity contribution in [3.05, 3.63) is 47.8 Å². The van der Waals surface area contributed by atoms with E-state index < -0.39 is 0 Å². The number of anilines is 2. The first-order chi connectivity index (χ1) is 12.7. The van der Waals surface area contributed by atoms with Crippen LogP contribution >= 0.6 is 0 Å². The smallest absolute Gasteiger partial charge is 0.338 e. The van der Waals surface area contributed by atoms with Crippen molar-refractivity contribution in [2.75, 3.05) is 29.9 Å². The summed E-state index contributed by atoms with van der Waals surface area (Å²) in [5, 5.41) is 2.77. The maximum Gasteiger partial charge on any atom is 0.338 e. The Balaban J connectivity index is 1.61. The third-order valence-electron chi connectivity index (χ3n) is 4.19. The van der Waals surface area contributed by atoms with Gasteiger partial charge in [-0.05, 0) is 50.5 Å². The van der Waals surface area contributed by atoms with Crippen LogP contribution < -0.4 is 10.2 Å². The first kappa shape index (κ1) is 17.8. The Morgan fingerprint density at radius 2 is 1.69 bits per heavy atom. The third-order valence-corrected chi connectivity index (χ3v) is 4.19. The van der Waals surface area contributed by atoms with Crippen LogP contribution in [-0.4, -0.2) is 41.5 Å². The molecule has 7 heteroatoms. The summed E-state index contributed by atoms with van der Waals surface area (Å²) < 4.78 is 4.93. The molecule has 0 saturated carbocycles. The number of carbonyl (C=O) groups is 2. The number of nitrogens with zero attached hydrogens (tertiary/aromatic N) is 3. The number of esters is 1. The summed E-state index contributed by atoms with van der Waals surface area (Å²) >= 11 is 0. The predicted molar refractivity (Wildman–Crippen MR) is 98.4 cm³/mol. The molecule has 1 aromatic heterocycles. The Kier molecular flexibility index (Phi) is 5.78. The van der Waals surface area contributed by atoms with E-state index in [4.69, 9.17) is 4.74 Å². The lowest BCUT2D eigenvalue weighted by molar-refractivity contribution is 0.0526. The number of rotatable bonds is 5. The van der Waals surface area contributed by atoms with Crippen molar-refractivity contribution in [2.45, 2.75) is 26.2 Å². The first-order valence-corrected chi connectivity index (χ1v) is 8.83. The summed E-state index contributed by atoms with van der Waals surface area (Å²) in [5.74, 6) is -0.00815. The van der Waals surface area contributed by atoms with E-state index in [1.807, 2.05) is 0 Å². The molecule has 1 amide bonds. The summed E-state index contributed by atoms with van der Waals surface area (Å²) in [7, 11) is 0. The van der Waals surface area contributed by atoms with Gasteiger partial charge in [0.25, 0.3) is 5.91 Å². The van der Waals surface area contributed by atoms with Crippen molar-refractivity contribution in [2.24, 2.45) is 0 Å². The van der Waals surface area contributed by atoms with Crippen LogP contribution in [0.3, 0.4) is 0 Å². The Labute approximate surface area is 152 Å². The number of nitrogens with one attached hydrogen (secondary N) is 1. The molecule has 2 heterocycles. The molecule has 0 aliphatic carbocycles. The van der Waals surface area contributed by atoms with Crippen molar-refractivity contribution < 1.29 is 14.3 Å². The van der Waals surface area contributed by atoms with Crippen LogP contribution in [0.2, 0.25) is 0 Å². The lowest BCUT2D eigenvalue weighted by Crippen LogP contribution is -2.31. The fourth-order valence-corrected chi connectivity index (χ4v) is 2.80. The van der Waals surface area contributed by atoms with E-state index in [0.717, 1.165) is 25.9 Å². The second-order valence-electron chi connectivity index (χ2n) is 6.07. The monoisotopic (exact) mass is 354 g/mol. The van der Waals surface area contributed by atoms with Gasteiger partial charge in [0.05, 0.1) is 17.7 Å². The largest absolute Gasteiger partial charge is 0.462 e. The molecule has 0 bridgehead atoms. The van der Waals surface area contributed by atoms with E-state index in [9.17, 15) is 9.59 Å². The molecule has 1 N–H and O–H groups in total. The van der Waals surface area contributed by atoms with Crippen LogP contribution in [0.15, 0.2) is 36.7 Å². The minimum Gasteiger partial charge on any atom is -0.462 e. The molecule has 26 heavy (non-hydrogen) atoms. The van der Waals surface area contributed by atoms with Gasteiger partial charge in [0, 0.05) is 31.2 Å². The number of hydrogen-bond acceptors (Lipinski definition) is 6. The Morgan fingerprint density at radius 1 is 1.04 bits per heavy atom. The van der Waals surface area contributed by atoms with Gasteiger partial charge < -0.3 is 15.0 Å². The van der Waals surface area contributed by atoms with Crippen molar-refractivity contribution in [3.8, 4) is 0 Å². The molecular weight excluding hydrogens is 332 g/mol. The van der Waals surface area contributed by atoms with E-state index in [1.165, 1.54) is 6.42 Å². The molecule has 1 aliphatic heterocycles. The van der Waals surface area contributed by atoms with Gasteiger partial charge in [-0.25, -0.2) is 14.8 Å². The summed E-state index contributed by atoms with van der Waals surface area (Å²) in [4.78, 5) is 34.7. The van der Waals surface area contributed by atoms with E-state index in [0.29, 0.717) is 29.4 Å². The molecule has 1 fully saturated rings. The topological polar surface area (TPSA) is 84.4 Å². The summed E-state index contributed by atoms with van der Waals surface area (Å²) in [5.41, 5.74) is 1.42. The summed E-state index contributed by atoms with van der Waals surface area (Å²) in [6.45, 7) is 3.99. The van der Waals surface area contributed by atoms with Crippen LogP contribution in [0.5, 0.6) is 0 Å². The molecule has 1 aromatic carbocycles. The SMILES string of the molecule is CCOC(=O)c1ccc(NC(=O)c2cnc(N3CCCCC3)nc2)cc1. The molecule has 0 atom stereocenters. The zero-order chi connectivity index (χ0) is 18.4. The highest BCUT2D eigenvalue weighted by Gasteiger charge is 2.15. The molecular formula is C19H22N4O3. The first-order valence-electron chi connectivity index (χ1n) is 8.83. The molecule has 0 unspecified atom stereocenters. The van der Waals surface area contributed by atoms with Gasteiger partial charge in [-0.3, -0.25) is 4.79 Å². The molecule has 1 saturated heterocycles. The molecule has 7 nitrogen and oxygen atoms in total. The minimum atomic E-state index is -0.382. The minimum absolute atomic E-state index is 0.293.